The maximum absolute atomic E-state index is 13.3. The molecule has 2 heterocycles. The van der Waals surface area contributed by atoms with Crippen LogP contribution in [-0.2, 0) is 16.4 Å². The van der Waals surface area contributed by atoms with Crippen LogP contribution >= 0.6 is 0 Å². The topological polar surface area (TPSA) is 75.4 Å². The smallest absolute Gasteiger partial charge is 0.240 e. The lowest BCUT2D eigenvalue weighted by Crippen LogP contribution is -2.37. The Morgan fingerprint density at radius 3 is 2.79 bits per heavy atom. The molecule has 1 N–H and O–H groups in total. The Labute approximate surface area is 192 Å². The Kier molecular flexibility index (Phi) is 5.90. The van der Waals surface area contributed by atoms with Crippen LogP contribution in [-0.4, -0.2) is 43.6 Å². The number of likely N-dealkylation sites (tertiary alicyclic amines) is 1. The van der Waals surface area contributed by atoms with E-state index in [0.29, 0.717) is 17.0 Å². The van der Waals surface area contributed by atoms with E-state index in [9.17, 15) is 12.8 Å². The summed E-state index contributed by atoms with van der Waals surface area (Å²) in [6.07, 6.45) is 2.34. The second kappa shape index (κ2) is 8.85. The second-order valence-corrected chi connectivity index (χ2v) is 10.5. The second-order valence-electron chi connectivity index (χ2n) is 8.78. The predicted molar refractivity (Wildman–Crippen MR) is 126 cm³/mol. The van der Waals surface area contributed by atoms with Crippen LogP contribution in [0.5, 0.6) is 0 Å². The molecule has 0 spiro atoms. The summed E-state index contributed by atoms with van der Waals surface area (Å²) < 4.78 is 47.4. The van der Waals surface area contributed by atoms with Crippen molar-refractivity contribution in [3.63, 3.8) is 0 Å². The minimum absolute atomic E-state index is 0.132. The molecule has 2 atom stereocenters. The van der Waals surface area contributed by atoms with Gasteiger partial charge in [-0.3, -0.25) is 4.90 Å². The van der Waals surface area contributed by atoms with Gasteiger partial charge in [0.05, 0.1) is 10.6 Å². The molecule has 1 aliphatic heterocycles. The third kappa shape index (κ3) is 4.64. The van der Waals surface area contributed by atoms with Gasteiger partial charge in [-0.1, -0.05) is 35.5 Å². The number of aromatic nitrogens is 1. The van der Waals surface area contributed by atoms with Crippen LogP contribution in [0.2, 0.25) is 0 Å². The van der Waals surface area contributed by atoms with Gasteiger partial charge in [0.1, 0.15) is 5.82 Å². The molecule has 1 aliphatic rings. The van der Waals surface area contributed by atoms with Gasteiger partial charge in [-0.2, -0.15) is 0 Å². The highest BCUT2D eigenvalue weighted by Gasteiger charge is 2.32. The molecule has 0 unspecified atom stereocenters. The third-order valence-corrected chi connectivity index (χ3v) is 7.94. The average molecular weight is 468 g/mol. The lowest BCUT2D eigenvalue weighted by atomic mass is 10.1. The van der Waals surface area contributed by atoms with Gasteiger partial charge in [-0.15, -0.1) is 0 Å². The summed E-state index contributed by atoms with van der Waals surface area (Å²) in [6.45, 7) is 3.61. The van der Waals surface area contributed by atoms with Crippen molar-refractivity contribution in [3.8, 4) is 0 Å². The van der Waals surface area contributed by atoms with Crippen LogP contribution in [0.3, 0.4) is 0 Å². The largest absolute Gasteiger partial charge is 0.356 e. The van der Waals surface area contributed by atoms with Crippen molar-refractivity contribution in [2.45, 2.75) is 43.2 Å². The number of halogens is 1. The first-order chi connectivity index (χ1) is 15.9. The Bertz CT molecular complexity index is 1400. The lowest BCUT2D eigenvalue weighted by Gasteiger charge is -2.20. The molecule has 0 radical (unpaired) electrons. The van der Waals surface area contributed by atoms with Crippen molar-refractivity contribution in [3.05, 3.63) is 72.2 Å². The maximum atomic E-state index is 13.3. The van der Waals surface area contributed by atoms with E-state index in [4.69, 9.17) is 4.52 Å². The molecule has 0 aliphatic carbocycles. The molecular weight excluding hydrogens is 441 g/mol. The van der Waals surface area contributed by atoms with Gasteiger partial charge in [0.15, 0.2) is 5.58 Å². The monoisotopic (exact) mass is 467 g/mol. The number of nitrogens with zero attached hydrogens (tertiary/aromatic N) is 2. The van der Waals surface area contributed by atoms with Crippen molar-refractivity contribution in [2.75, 3.05) is 13.1 Å². The Morgan fingerprint density at radius 1 is 1.12 bits per heavy atom. The third-order valence-electron chi connectivity index (χ3n) is 6.42. The van der Waals surface area contributed by atoms with Gasteiger partial charge in [0.25, 0.3) is 0 Å². The Balaban J connectivity index is 1.19. The molecule has 4 aromatic rings. The summed E-state index contributed by atoms with van der Waals surface area (Å²) in [5.41, 5.74) is 1.29. The van der Waals surface area contributed by atoms with Crippen LogP contribution in [0.15, 0.2) is 70.1 Å². The Hall–Kier alpha value is -2.81. The first kappa shape index (κ1) is 22.0. The minimum Gasteiger partial charge on any atom is -0.356 e. The number of hydrogen-bond donors (Lipinski definition) is 1. The van der Waals surface area contributed by atoms with E-state index in [2.05, 4.69) is 21.7 Å². The minimum atomic E-state index is -3.60. The van der Waals surface area contributed by atoms with Crippen molar-refractivity contribution < 1.29 is 17.3 Å². The highest BCUT2D eigenvalue weighted by atomic mass is 32.2. The van der Waals surface area contributed by atoms with Crippen molar-refractivity contribution in [1.82, 2.24) is 14.8 Å². The van der Waals surface area contributed by atoms with Gasteiger partial charge in [-0.05, 0) is 67.8 Å². The zero-order valence-electron chi connectivity index (χ0n) is 18.4. The molecule has 8 heteroatoms. The lowest BCUT2D eigenvalue weighted by molar-refractivity contribution is 0.263. The molecule has 0 saturated carbocycles. The number of nitrogens with one attached hydrogen (secondary N) is 1. The molecular formula is C25H26FN3O3S. The fraction of sp³-hybridized carbons (Fsp3) is 0.320. The van der Waals surface area contributed by atoms with E-state index < -0.39 is 10.0 Å². The Morgan fingerprint density at radius 2 is 1.94 bits per heavy atom. The van der Waals surface area contributed by atoms with E-state index in [1.54, 1.807) is 18.2 Å². The molecule has 33 heavy (non-hydrogen) atoms. The van der Waals surface area contributed by atoms with E-state index in [1.165, 1.54) is 12.1 Å². The van der Waals surface area contributed by atoms with Gasteiger partial charge in [0.2, 0.25) is 10.0 Å². The van der Waals surface area contributed by atoms with Crippen LogP contribution in [0.4, 0.5) is 4.39 Å². The summed E-state index contributed by atoms with van der Waals surface area (Å²) in [6, 6.07) is 17.6. The quantitative estimate of drug-likeness (QED) is 0.433. The number of benzene rings is 3. The summed E-state index contributed by atoms with van der Waals surface area (Å²) in [5, 5.41) is 6.85. The molecule has 1 aromatic heterocycles. The number of sulfonamides is 1. The normalized spacial score (nSPS) is 19.6. The number of fused-ring (bicyclic) bond motifs is 2. The van der Waals surface area contributed by atoms with E-state index in [-0.39, 0.29) is 17.9 Å². The molecule has 1 saturated heterocycles. The highest BCUT2D eigenvalue weighted by Crippen LogP contribution is 2.24. The van der Waals surface area contributed by atoms with E-state index in [1.807, 2.05) is 30.3 Å². The van der Waals surface area contributed by atoms with E-state index >= 15 is 0 Å². The molecule has 3 aromatic carbocycles. The summed E-state index contributed by atoms with van der Waals surface area (Å²) in [5.74, 6) is -0.340. The van der Waals surface area contributed by atoms with Crippen molar-refractivity contribution in [2.24, 2.45) is 0 Å². The SMILES string of the molecule is C[C@H]1C[C@H](NS(=O)(=O)c2ccc3ccccc3c2)CN1CCCc1noc2cc(F)ccc12. The van der Waals surface area contributed by atoms with Crippen LogP contribution in [0.1, 0.15) is 25.5 Å². The predicted octanol–water partition coefficient (Wildman–Crippen LogP) is 4.49. The highest BCUT2D eigenvalue weighted by molar-refractivity contribution is 7.89. The van der Waals surface area contributed by atoms with Crippen molar-refractivity contribution >= 4 is 31.8 Å². The zero-order chi connectivity index (χ0) is 23.0. The molecule has 172 valence electrons. The molecule has 6 nitrogen and oxygen atoms in total. The van der Waals surface area contributed by atoms with Crippen LogP contribution in [0, 0.1) is 5.82 Å². The summed E-state index contributed by atoms with van der Waals surface area (Å²) >= 11 is 0. The number of hydrogen-bond acceptors (Lipinski definition) is 5. The van der Waals surface area contributed by atoms with Crippen LogP contribution in [0.25, 0.3) is 21.7 Å². The first-order valence-corrected chi connectivity index (χ1v) is 12.7. The maximum Gasteiger partial charge on any atom is 0.240 e. The molecule has 0 amide bonds. The average Bonchev–Trinajstić information content (AvgIpc) is 3.35. The summed E-state index contributed by atoms with van der Waals surface area (Å²) in [7, 11) is -3.60. The zero-order valence-corrected chi connectivity index (χ0v) is 19.2. The fourth-order valence-corrected chi connectivity index (χ4v) is 5.99. The van der Waals surface area contributed by atoms with Gasteiger partial charge >= 0.3 is 0 Å². The van der Waals surface area contributed by atoms with Crippen LogP contribution < -0.4 is 4.72 Å². The molecule has 5 rings (SSSR count). The molecule has 1 fully saturated rings. The fourth-order valence-electron chi connectivity index (χ4n) is 4.71. The van der Waals surface area contributed by atoms with E-state index in [0.717, 1.165) is 47.7 Å². The molecule has 0 bridgehead atoms. The number of rotatable bonds is 7. The summed E-state index contributed by atoms with van der Waals surface area (Å²) in [4.78, 5) is 2.59. The number of aryl methyl sites for hydroxylation is 1. The van der Waals surface area contributed by atoms with Crippen molar-refractivity contribution in [1.29, 1.82) is 0 Å². The van der Waals surface area contributed by atoms with Gasteiger partial charge < -0.3 is 4.52 Å². The first-order valence-electron chi connectivity index (χ1n) is 11.2. The van der Waals surface area contributed by atoms with Gasteiger partial charge in [-0.25, -0.2) is 17.5 Å². The van der Waals surface area contributed by atoms with Gasteiger partial charge in [0, 0.05) is 30.1 Å². The standard InChI is InChI=1S/C25H26FN3O3S/c1-17-13-21(28-33(30,31)22-10-8-18-5-2-3-6-19(18)14-22)16-29(17)12-4-7-24-23-11-9-20(26)15-25(23)32-27-24/h2-3,5-6,8-11,14-15,17,21,28H,4,7,12-13,16H2,1H3/t17-,21-/m0/s1.